The molecule has 0 rings (SSSR count). The summed E-state index contributed by atoms with van der Waals surface area (Å²) in [6.07, 6.45) is 6.50. The van der Waals surface area contributed by atoms with E-state index in [2.05, 4.69) is 17.0 Å². The highest BCUT2D eigenvalue weighted by Gasteiger charge is 1.80. The average Bonchev–Trinajstić information content (AvgIpc) is 2.11. The van der Waals surface area contributed by atoms with E-state index in [0.29, 0.717) is 12.2 Å². The largest absolute Gasteiger partial charge is 0.395 e. The molecular weight excluding hydrogens is 154 g/mol. The van der Waals surface area contributed by atoms with E-state index >= 15 is 0 Å². The van der Waals surface area contributed by atoms with Gasteiger partial charge in [-0.1, -0.05) is 6.58 Å². The molecule has 0 aliphatic rings. The van der Waals surface area contributed by atoms with Crippen LogP contribution in [0.4, 0.5) is 0 Å². The Balaban J connectivity index is 3.75. The van der Waals surface area contributed by atoms with Gasteiger partial charge in [-0.3, -0.25) is 0 Å². The van der Waals surface area contributed by atoms with Crippen molar-refractivity contribution in [3.63, 3.8) is 0 Å². The fourth-order valence-corrected chi connectivity index (χ4v) is 0.514. The molecule has 0 atom stereocenters. The number of aliphatic hydroxyl groups excluding tert-OH is 1. The van der Waals surface area contributed by atoms with Gasteiger partial charge < -0.3 is 10.4 Å². The zero-order valence-corrected chi connectivity index (χ0v) is 6.83. The second-order valence-corrected chi connectivity index (χ2v) is 1.94. The van der Waals surface area contributed by atoms with Gasteiger partial charge >= 0.3 is 0 Å². The molecule has 0 bridgehead atoms. The van der Waals surface area contributed by atoms with Crippen LogP contribution in [0.5, 0.6) is 0 Å². The lowest BCUT2D eigenvalue weighted by atomic mass is 10.4. The molecule has 0 aromatic carbocycles. The fourth-order valence-electron chi connectivity index (χ4n) is 0.514. The number of nitrogens with zero attached hydrogens (tertiary/aromatic N) is 1. The van der Waals surface area contributed by atoms with Gasteiger partial charge in [0, 0.05) is 6.54 Å². The van der Waals surface area contributed by atoms with Crippen LogP contribution >= 0.6 is 0 Å². The first-order valence-corrected chi connectivity index (χ1v) is 3.56. The highest BCUT2D eigenvalue weighted by Crippen LogP contribution is 1.95. The highest BCUT2D eigenvalue weighted by atomic mass is 16.3. The van der Waals surface area contributed by atoms with E-state index in [4.69, 9.17) is 10.6 Å². The van der Waals surface area contributed by atoms with Crippen LogP contribution in [0.25, 0.3) is 0 Å². The lowest BCUT2D eigenvalue weighted by Crippen LogP contribution is -2.09. The number of hydrogen-bond acceptors (Lipinski definition) is 4. The molecule has 0 saturated heterocycles. The Hall–Kier alpha value is -1.42. The van der Waals surface area contributed by atoms with Crippen molar-refractivity contribution < 1.29 is 5.11 Å². The Morgan fingerprint density at radius 2 is 2.42 bits per heavy atom. The van der Waals surface area contributed by atoms with Crippen LogP contribution in [0, 0.1) is 5.53 Å². The van der Waals surface area contributed by atoms with Gasteiger partial charge in [0.15, 0.2) is 0 Å². The maximum Gasteiger partial charge on any atom is 0.0844 e. The average molecular weight is 167 g/mol. The Morgan fingerprint density at radius 1 is 1.67 bits per heavy atom. The summed E-state index contributed by atoms with van der Waals surface area (Å²) in [7, 11) is 0. The van der Waals surface area contributed by atoms with E-state index in [0.717, 1.165) is 0 Å². The summed E-state index contributed by atoms with van der Waals surface area (Å²) >= 11 is 0. The van der Waals surface area contributed by atoms with Gasteiger partial charge in [-0.15, -0.1) is 0 Å². The maximum absolute atomic E-state index is 8.39. The standard InChI is InChI=1S/C8H13N3O/c1-2-8(11-9)4-3-5-10-6-7-12/h2-5,9-10,12H,1,6-7H2/b5-3+,8-4+,11-9?. The highest BCUT2D eigenvalue weighted by molar-refractivity contribution is 5.19. The van der Waals surface area contributed by atoms with Crippen LogP contribution in [-0.4, -0.2) is 18.3 Å². The zero-order chi connectivity index (χ0) is 9.23. The van der Waals surface area contributed by atoms with Crippen LogP contribution in [-0.2, 0) is 0 Å². The van der Waals surface area contributed by atoms with Crippen molar-refractivity contribution in [3.8, 4) is 0 Å². The first-order chi connectivity index (χ1) is 5.85. The number of rotatable bonds is 6. The molecule has 0 spiro atoms. The van der Waals surface area contributed by atoms with E-state index in [-0.39, 0.29) is 6.61 Å². The molecule has 3 N–H and O–H groups in total. The molecule has 0 aliphatic carbocycles. The van der Waals surface area contributed by atoms with E-state index in [1.807, 2.05) is 0 Å². The molecule has 66 valence electrons. The summed E-state index contributed by atoms with van der Waals surface area (Å²) < 4.78 is 0. The van der Waals surface area contributed by atoms with Crippen LogP contribution in [0.1, 0.15) is 0 Å². The summed E-state index contributed by atoms with van der Waals surface area (Å²) in [5.74, 6) is 0. The van der Waals surface area contributed by atoms with Crippen LogP contribution in [0.15, 0.2) is 41.8 Å². The third-order valence-electron chi connectivity index (χ3n) is 1.08. The quantitative estimate of drug-likeness (QED) is 0.316. The molecule has 0 aromatic rings. The summed E-state index contributed by atoms with van der Waals surface area (Å²) in [5.41, 5.74) is 7.16. The van der Waals surface area contributed by atoms with Crippen molar-refractivity contribution in [2.45, 2.75) is 0 Å². The third kappa shape index (κ3) is 5.37. The van der Waals surface area contributed by atoms with Gasteiger partial charge in [0.05, 0.1) is 12.3 Å². The van der Waals surface area contributed by atoms with Gasteiger partial charge in [0.1, 0.15) is 0 Å². The molecular formula is C8H13N3O. The second kappa shape index (κ2) is 7.68. The second-order valence-electron chi connectivity index (χ2n) is 1.94. The molecule has 0 aromatic heterocycles. The van der Waals surface area contributed by atoms with E-state index in [1.165, 1.54) is 6.08 Å². The monoisotopic (exact) mass is 167 g/mol. The summed E-state index contributed by atoms with van der Waals surface area (Å²) in [5, 5.41) is 14.4. The van der Waals surface area contributed by atoms with E-state index in [1.54, 1.807) is 18.4 Å². The lowest BCUT2D eigenvalue weighted by molar-refractivity contribution is 0.298. The molecule has 0 fully saturated rings. The van der Waals surface area contributed by atoms with E-state index < -0.39 is 0 Å². The van der Waals surface area contributed by atoms with Crippen molar-refractivity contribution in [2.75, 3.05) is 13.2 Å². The van der Waals surface area contributed by atoms with Crippen molar-refractivity contribution in [3.05, 3.63) is 36.7 Å². The SMILES string of the molecule is C=C/C(=C\C=C\NCCO)N=N. The van der Waals surface area contributed by atoms with Gasteiger partial charge in [0.2, 0.25) is 0 Å². The Kier molecular flexibility index (Phi) is 6.78. The Morgan fingerprint density at radius 3 is 2.92 bits per heavy atom. The molecule has 12 heavy (non-hydrogen) atoms. The first-order valence-electron chi connectivity index (χ1n) is 3.56. The molecule has 0 unspecified atom stereocenters. The minimum atomic E-state index is 0.102. The van der Waals surface area contributed by atoms with Crippen LogP contribution in [0.3, 0.4) is 0 Å². The molecule has 0 aliphatic heterocycles. The number of allylic oxidation sites excluding steroid dienone is 3. The van der Waals surface area contributed by atoms with Crippen molar-refractivity contribution in [2.24, 2.45) is 5.11 Å². The topological polar surface area (TPSA) is 68.5 Å². The normalized spacial score (nSPS) is 11.6. The minimum absolute atomic E-state index is 0.102. The Bertz CT molecular complexity index is 186. The number of nitrogens with one attached hydrogen (secondary N) is 2. The number of aliphatic hydroxyl groups is 1. The number of hydrogen-bond donors (Lipinski definition) is 3. The van der Waals surface area contributed by atoms with Gasteiger partial charge in [0.25, 0.3) is 0 Å². The molecule has 0 heterocycles. The molecule has 4 heteroatoms. The predicted octanol–water partition coefficient (Wildman–Crippen LogP) is 1.18. The molecule has 0 radical (unpaired) electrons. The van der Waals surface area contributed by atoms with Crippen molar-refractivity contribution in [1.29, 1.82) is 5.53 Å². The van der Waals surface area contributed by atoms with Crippen molar-refractivity contribution >= 4 is 0 Å². The maximum atomic E-state index is 8.39. The van der Waals surface area contributed by atoms with Crippen LogP contribution in [0.2, 0.25) is 0 Å². The zero-order valence-electron chi connectivity index (χ0n) is 6.83. The molecule has 0 amide bonds. The van der Waals surface area contributed by atoms with Crippen molar-refractivity contribution in [1.82, 2.24) is 5.32 Å². The summed E-state index contributed by atoms with van der Waals surface area (Å²) in [4.78, 5) is 0. The smallest absolute Gasteiger partial charge is 0.0844 e. The fraction of sp³-hybridized carbons (Fsp3) is 0.250. The van der Waals surface area contributed by atoms with E-state index in [9.17, 15) is 0 Å². The molecule has 4 nitrogen and oxygen atoms in total. The van der Waals surface area contributed by atoms with Crippen LogP contribution < -0.4 is 5.32 Å². The minimum Gasteiger partial charge on any atom is -0.395 e. The summed E-state index contributed by atoms with van der Waals surface area (Å²) in [6.45, 7) is 4.09. The van der Waals surface area contributed by atoms with Gasteiger partial charge in [-0.05, 0) is 24.4 Å². The predicted molar refractivity (Wildman–Crippen MR) is 47.7 cm³/mol. The van der Waals surface area contributed by atoms with Gasteiger partial charge in [-0.25, -0.2) is 5.53 Å². The Labute approximate surface area is 71.8 Å². The first kappa shape index (κ1) is 10.6. The lowest BCUT2D eigenvalue weighted by Gasteiger charge is -1.92. The third-order valence-corrected chi connectivity index (χ3v) is 1.08. The summed E-state index contributed by atoms with van der Waals surface area (Å²) in [6, 6.07) is 0. The van der Waals surface area contributed by atoms with Gasteiger partial charge in [-0.2, -0.15) is 5.11 Å². The molecule has 0 saturated carbocycles.